The first kappa shape index (κ1) is 11.3. The predicted molar refractivity (Wildman–Crippen MR) is 67.0 cm³/mol. The average Bonchev–Trinajstić information content (AvgIpc) is 2.23. The minimum absolute atomic E-state index is 0.344. The van der Waals surface area contributed by atoms with Gasteiger partial charge in [0.05, 0.1) is 0 Å². The van der Waals surface area contributed by atoms with Crippen LogP contribution >= 0.6 is 0 Å². The first-order valence-corrected chi connectivity index (χ1v) is 5.84. The number of anilines is 1. The van der Waals surface area contributed by atoms with E-state index in [1.54, 1.807) is 6.07 Å². The van der Waals surface area contributed by atoms with E-state index in [1.165, 1.54) is 0 Å². The SMILES string of the molecule is C[C@@H]1CN(C)[C@@H](C)CN1c1cccc(O)c1. The molecule has 2 atom stereocenters. The molecule has 16 heavy (non-hydrogen) atoms. The van der Waals surface area contributed by atoms with Crippen LogP contribution in [0.1, 0.15) is 13.8 Å². The monoisotopic (exact) mass is 220 g/mol. The molecule has 1 heterocycles. The Labute approximate surface area is 97.3 Å². The van der Waals surface area contributed by atoms with Gasteiger partial charge in [-0.1, -0.05) is 6.07 Å². The number of nitrogens with zero attached hydrogens (tertiary/aromatic N) is 2. The Balaban J connectivity index is 2.20. The van der Waals surface area contributed by atoms with Crippen molar-refractivity contribution in [1.82, 2.24) is 4.90 Å². The minimum Gasteiger partial charge on any atom is -0.508 e. The third-order valence-corrected chi connectivity index (χ3v) is 3.46. The lowest BCUT2D eigenvalue weighted by atomic mass is 10.1. The van der Waals surface area contributed by atoms with E-state index >= 15 is 0 Å². The zero-order valence-corrected chi connectivity index (χ0v) is 10.2. The summed E-state index contributed by atoms with van der Waals surface area (Å²) in [6, 6.07) is 8.57. The van der Waals surface area contributed by atoms with Gasteiger partial charge in [0.25, 0.3) is 0 Å². The minimum atomic E-state index is 0.344. The number of hydrogen-bond donors (Lipinski definition) is 1. The molecule has 3 heteroatoms. The summed E-state index contributed by atoms with van der Waals surface area (Å²) in [6.07, 6.45) is 0. The van der Waals surface area contributed by atoms with E-state index in [0.717, 1.165) is 18.8 Å². The van der Waals surface area contributed by atoms with Crippen LogP contribution in [-0.4, -0.2) is 42.2 Å². The fraction of sp³-hybridized carbons (Fsp3) is 0.538. The third kappa shape index (κ3) is 2.14. The first-order valence-electron chi connectivity index (χ1n) is 5.84. The summed E-state index contributed by atoms with van der Waals surface area (Å²) in [5.41, 5.74) is 1.12. The van der Waals surface area contributed by atoms with Gasteiger partial charge in [-0.05, 0) is 33.0 Å². The van der Waals surface area contributed by atoms with Crippen molar-refractivity contribution in [3.63, 3.8) is 0 Å². The molecule has 1 fully saturated rings. The van der Waals surface area contributed by atoms with Crippen LogP contribution in [0.5, 0.6) is 5.75 Å². The van der Waals surface area contributed by atoms with Gasteiger partial charge in [0.1, 0.15) is 5.75 Å². The highest BCUT2D eigenvalue weighted by atomic mass is 16.3. The number of piperazine rings is 1. The largest absolute Gasteiger partial charge is 0.508 e. The van der Waals surface area contributed by atoms with Gasteiger partial charge < -0.3 is 10.0 Å². The molecule has 0 spiro atoms. The molecule has 0 aromatic heterocycles. The van der Waals surface area contributed by atoms with Crippen molar-refractivity contribution >= 4 is 5.69 Å². The van der Waals surface area contributed by atoms with E-state index in [9.17, 15) is 5.11 Å². The fourth-order valence-corrected chi connectivity index (χ4v) is 2.33. The maximum atomic E-state index is 9.51. The highest BCUT2D eigenvalue weighted by Gasteiger charge is 2.26. The Morgan fingerprint density at radius 2 is 1.94 bits per heavy atom. The van der Waals surface area contributed by atoms with Crippen molar-refractivity contribution in [1.29, 1.82) is 0 Å². The van der Waals surface area contributed by atoms with Gasteiger partial charge in [0.2, 0.25) is 0 Å². The summed E-state index contributed by atoms with van der Waals surface area (Å²) in [6.45, 7) is 6.55. The van der Waals surface area contributed by atoms with E-state index in [4.69, 9.17) is 0 Å². The van der Waals surface area contributed by atoms with E-state index in [-0.39, 0.29) is 0 Å². The van der Waals surface area contributed by atoms with Crippen LogP contribution in [0, 0.1) is 0 Å². The lowest BCUT2D eigenvalue weighted by Gasteiger charge is -2.43. The molecule has 0 amide bonds. The van der Waals surface area contributed by atoms with Gasteiger partial charge in [-0.2, -0.15) is 0 Å². The van der Waals surface area contributed by atoms with E-state index < -0.39 is 0 Å². The molecule has 88 valence electrons. The summed E-state index contributed by atoms with van der Waals surface area (Å²) < 4.78 is 0. The second kappa shape index (κ2) is 4.34. The number of phenols is 1. The number of aromatic hydroxyl groups is 1. The Morgan fingerprint density at radius 1 is 1.19 bits per heavy atom. The number of hydrogen-bond acceptors (Lipinski definition) is 3. The summed E-state index contributed by atoms with van der Waals surface area (Å²) in [5.74, 6) is 0.344. The Morgan fingerprint density at radius 3 is 2.62 bits per heavy atom. The van der Waals surface area contributed by atoms with Gasteiger partial charge in [-0.15, -0.1) is 0 Å². The van der Waals surface area contributed by atoms with Crippen molar-refractivity contribution in [2.45, 2.75) is 25.9 Å². The van der Waals surface area contributed by atoms with Crippen LogP contribution in [-0.2, 0) is 0 Å². The smallest absolute Gasteiger partial charge is 0.117 e. The second-order valence-corrected chi connectivity index (χ2v) is 4.81. The average molecular weight is 220 g/mol. The van der Waals surface area contributed by atoms with Crippen molar-refractivity contribution in [2.75, 3.05) is 25.0 Å². The van der Waals surface area contributed by atoms with Crippen LogP contribution in [0.2, 0.25) is 0 Å². The molecule has 1 saturated heterocycles. The molecule has 1 aliphatic rings. The molecule has 0 bridgehead atoms. The molecule has 3 nitrogen and oxygen atoms in total. The molecule has 0 radical (unpaired) electrons. The second-order valence-electron chi connectivity index (χ2n) is 4.81. The zero-order chi connectivity index (χ0) is 11.7. The number of rotatable bonds is 1. The van der Waals surface area contributed by atoms with Crippen LogP contribution in [0.15, 0.2) is 24.3 Å². The van der Waals surface area contributed by atoms with Crippen molar-refractivity contribution in [2.24, 2.45) is 0 Å². The number of likely N-dealkylation sites (N-methyl/N-ethyl adjacent to an activating group) is 1. The fourth-order valence-electron chi connectivity index (χ4n) is 2.33. The molecular formula is C13H20N2O. The standard InChI is InChI=1S/C13H20N2O/c1-10-9-15(11(2)8-14(10)3)12-5-4-6-13(16)7-12/h4-7,10-11,16H,8-9H2,1-3H3/t10-,11+/m0/s1. The summed E-state index contributed by atoms with van der Waals surface area (Å²) in [4.78, 5) is 4.74. The zero-order valence-electron chi connectivity index (χ0n) is 10.2. The molecular weight excluding hydrogens is 200 g/mol. The number of benzene rings is 1. The van der Waals surface area contributed by atoms with Crippen LogP contribution in [0.3, 0.4) is 0 Å². The van der Waals surface area contributed by atoms with Gasteiger partial charge in [0, 0.05) is 36.9 Å². The van der Waals surface area contributed by atoms with E-state index in [0.29, 0.717) is 17.8 Å². The summed E-state index contributed by atoms with van der Waals surface area (Å²) in [7, 11) is 2.17. The molecule has 1 N–H and O–H groups in total. The molecule has 1 aromatic rings. The molecule has 0 saturated carbocycles. The summed E-state index contributed by atoms with van der Waals surface area (Å²) >= 11 is 0. The highest BCUT2D eigenvalue weighted by molar-refractivity contribution is 5.51. The molecule has 1 aromatic carbocycles. The van der Waals surface area contributed by atoms with Crippen LogP contribution < -0.4 is 4.90 Å². The molecule has 2 rings (SSSR count). The van der Waals surface area contributed by atoms with Gasteiger partial charge in [-0.3, -0.25) is 4.90 Å². The van der Waals surface area contributed by atoms with Crippen molar-refractivity contribution in [3.8, 4) is 5.75 Å². The van der Waals surface area contributed by atoms with Gasteiger partial charge in [-0.25, -0.2) is 0 Å². The predicted octanol–water partition coefficient (Wildman–Crippen LogP) is 1.92. The maximum Gasteiger partial charge on any atom is 0.117 e. The van der Waals surface area contributed by atoms with Crippen LogP contribution in [0.4, 0.5) is 5.69 Å². The summed E-state index contributed by atoms with van der Waals surface area (Å²) in [5, 5.41) is 9.51. The van der Waals surface area contributed by atoms with E-state index in [1.807, 2.05) is 12.1 Å². The third-order valence-electron chi connectivity index (χ3n) is 3.46. The number of phenolic OH excluding ortho intramolecular Hbond substituents is 1. The first-order chi connectivity index (χ1) is 7.58. The maximum absolute atomic E-state index is 9.51. The van der Waals surface area contributed by atoms with Crippen molar-refractivity contribution in [3.05, 3.63) is 24.3 Å². The van der Waals surface area contributed by atoms with Gasteiger partial charge >= 0.3 is 0 Å². The topological polar surface area (TPSA) is 26.7 Å². The molecule has 0 aliphatic carbocycles. The van der Waals surface area contributed by atoms with Gasteiger partial charge in [0.15, 0.2) is 0 Å². The van der Waals surface area contributed by atoms with Crippen LogP contribution in [0.25, 0.3) is 0 Å². The lowest BCUT2D eigenvalue weighted by molar-refractivity contribution is 0.206. The quantitative estimate of drug-likeness (QED) is 0.783. The highest BCUT2D eigenvalue weighted by Crippen LogP contribution is 2.25. The molecule has 0 unspecified atom stereocenters. The normalized spacial score (nSPS) is 27.1. The molecule has 1 aliphatic heterocycles. The Bertz CT molecular complexity index is 367. The van der Waals surface area contributed by atoms with Crippen molar-refractivity contribution < 1.29 is 5.11 Å². The Kier molecular flexibility index (Phi) is 3.06. The van der Waals surface area contributed by atoms with E-state index in [2.05, 4.69) is 36.8 Å². The lowest BCUT2D eigenvalue weighted by Crippen LogP contribution is -2.55. The Hall–Kier alpha value is -1.22.